The van der Waals surface area contributed by atoms with Crippen molar-refractivity contribution in [3.63, 3.8) is 0 Å². The largest absolute Gasteiger partial charge is 0.482 e. The highest BCUT2D eigenvalue weighted by molar-refractivity contribution is 5.36. The third-order valence-corrected chi connectivity index (χ3v) is 3.58. The predicted octanol–water partition coefficient (Wildman–Crippen LogP) is 3.98. The van der Waals surface area contributed by atoms with Crippen molar-refractivity contribution in [3.8, 4) is 5.75 Å². The molecular formula is C18H24N2O. The normalized spacial score (nSPS) is 14.0. The van der Waals surface area contributed by atoms with Gasteiger partial charge in [0, 0.05) is 12.2 Å². The molecule has 0 amide bonds. The van der Waals surface area contributed by atoms with Crippen LogP contribution in [0.4, 0.5) is 0 Å². The number of hydrogen-bond acceptors (Lipinski definition) is 3. The van der Waals surface area contributed by atoms with Crippen LogP contribution in [0.15, 0.2) is 42.6 Å². The summed E-state index contributed by atoms with van der Waals surface area (Å²) in [6.07, 6.45) is 1.52. The van der Waals surface area contributed by atoms with Gasteiger partial charge in [-0.15, -0.1) is 0 Å². The van der Waals surface area contributed by atoms with E-state index >= 15 is 0 Å². The number of ether oxygens (including phenoxy) is 1. The van der Waals surface area contributed by atoms with Crippen LogP contribution in [0.3, 0.4) is 0 Å². The van der Waals surface area contributed by atoms with Crippen molar-refractivity contribution in [2.24, 2.45) is 5.73 Å². The van der Waals surface area contributed by atoms with Crippen LogP contribution in [-0.4, -0.2) is 11.0 Å². The molecular weight excluding hydrogens is 260 g/mol. The molecule has 0 spiro atoms. The molecule has 3 nitrogen and oxygen atoms in total. The minimum Gasteiger partial charge on any atom is -0.482 e. The molecule has 0 aliphatic heterocycles. The van der Waals surface area contributed by atoms with Gasteiger partial charge in [0.05, 0.1) is 5.69 Å². The Bertz CT molecular complexity index is 579. The highest BCUT2D eigenvalue weighted by Gasteiger charge is 2.19. The average molecular weight is 284 g/mol. The van der Waals surface area contributed by atoms with Crippen molar-refractivity contribution in [2.75, 3.05) is 0 Å². The number of nitrogens with two attached hydrogens (primary N) is 1. The number of benzene rings is 1. The number of hydrogen-bond donors (Lipinski definition) is 1. The second kappa shape index (κ2) is 6.72. The summed E-state index contributed by atoms with van der Waals surface area (Å²) in [6, 6.07) is 11.9. The second-order valence-electron chi connectivity index (χ2n) is 5.83. The van der Waals surface area contributed by atoms with E-state index in [-0.39, 0.29) is 12.1 Å². The van der Waals surface area contributed by atoms with Crippen LogP contribution >= 0.6 is 0 Å². The lowest BCUT2D eigenvalue weighted by Gasteiger charge is -2.23. The Morgan fingerprint density at radius 1 is 1.10 bits per heavy atom. The number of aromatic nitrogens is 1. The van der Waals surface area contributed by atoms with Gasteiger partial charge in [0.25, 0.3) is 0 Å². The van der Waals surface area contributed by atoms with Gasteiger partial charge in [0.15, 0.2) is 6.10 Å². The Morgan fingerprint density at radius 2 is 1.86 bits per heavy atom. The maximum absolute atomic E-state index is 6.09. The van der Waals surface area contributed by atoms with Crippen molar-refractivity contribution in [3.05, 3.63) is 59.4 Å². The van der Waals surface area contributed by atoms with Crippen molar-refractivity contribution in [1.82, 2.24) is 4.98 Å². The lowest BCUT2D eigenvalue weighted by Crippen LogP contribution is -2.29. The molecule has 1 aromatic heterocycles. The first-order chi connectivity index (χ1) is 9.99. The zero-order valence-corrected chi connectivity index (χ0v) is 13.2. The monoisotopic (exact) mass is 284 g/mol. The van der Waals surface area contributed by atoms with E-state index in [1.807, 2.05) is 31.2 Å². The van der Waals surface area contributed by atoms with E-state index in [0.717, 1.165) is 11.4 Å². The standard InChI is InChI=1S/C18H24N2O/c1-12(2)16-9-8-15(11-13(16)3)21-18(14(4)19)17-7-5-6-10-20-17/h5-12,14,18H,19H2,1-4H3. The molecule has 0 saturated heterocycles. The van der Waals surface area contributed by atoms with E-state index < -0.39 is 0 Å². The lowest BCUT2D eigenvalue weighted by atomic mass is 9.98. The summed E-state index contributed by atoms with van der Waals surface area (Å²) in [5.41, 5.74) is 9.51. The molecule has 0 fully saturated rings. The van der Waals surface area contributed by atoms with Gasteiger partial charge in [-0.05, 0) is 55.2 Å². The molecule has 3 heteroatoms. The second-order valence-corrected chi connectivity index (χ2v) is 5.83. The maximum Gasteiger partial charge on any atom is 0.155 e. The molecule has 1 heterocycles. The Kier molecular flexibility index (Phi) is 4.97. The smallest absolute Gasteiger partial charge is 0.155 e. The first kappa shape index (κ1) is 15.5. The van der Waals surface area contributed by atoms with Crippen molar-refractivity contribution >= 4 is 0 Å². The molecule has 0 aliphatic rings. The molecule has 2 atom stereocenters. The van der Waals surface area contributed by atoms with Crippen molar-refractivity contribution in [2.45, 2.75) is 45.8 Å². The molecule has 1 aromatic carbocycles. The van der Waals surface area contributed by atoms with E-state index in [4.69, 9.17) is 10.5 Å². The van der Waals surface area contributed by atoms with Gasteiger partial charge in [-0.2, -0.15) is 0 Å². The number of aryl methyl sites for hydroxylation is 1. The summed E-state index contributed by atoms with van der Waals surface area (Å²) in [5, 5.41) is 0. The highest BCUT2D eigenvalue weighted by atomic mass is 16.5. The topological polar surface area (TPSA) is 48.1 Å². The van der Waals surface area contributed by atoms with E-state index in [2.05, 4.69) is 37.9 Å². The van der Waals surface area contributed by atoms with Crippen LogP contribution in [0, 0.1) is 6.92 Å². The molecule has 0 aliphatic carbocycles. The van der Waals surface area contributed by atoms with Gasteiger partial charge in [-0.3, -0.25) is 4.98 Å². The van der Waals surface area contributed by atoms with Gasteiger partial charge in [0.2, 0.25) is 0 Å². The summed E-state index contributed by atoms with van der Waals surface area (Å²) in [6.45, 7) is 8.45. The molecule has 0 radical (unpaired) electrons. The SMILES string of the molecule is Cc1cc(OC(c2ccccn2)C(C)N)ccc1C(C)C. The van der Waals surface area contributed by atoms with Gasteiger partial charge < -0.3 is 10.5 Å². The highest BCUT2D eigenvalue weighted by Crippen LogP contribution is 2.27. The number of pyridine rings is 1. The maximum atomic E-state index is 6.09. The third kappa shape index (κ3) is 3.82. The zero-order chi connectivity index (χ0) is 15.4. The lowest BCUT2D eigenvalue weighted by molar-refractivity contribution is 0.175. The van der Waals surface area contributed by atoms with E-state index in [9.17, 15) is 0 Å². The fraction of sp³-hybridized carbons (Fsp3) is 0.389. The van der Waals surface area contributed by atoms with Gasteiger partial charge in [0.1, 0.15) is 5.75 Å². The predicted molar refractivity (Wildman–Crippen MR) is 86.5 cm³/mol. The minimum atomic E-state index is -0.240. The average Bonchev–Trinajstić information content (AvgIpc) is 2.45. The Morgan fingerprint density at radius 3 is 2.38 bits per heavy atom. The fourth-order valence-electron chi connectivity index (χ4n) is 2.50. The van der Waals surface area contributed by atoms with Crippen molar-refractivity contribution < 1.29 is 4.74 Å². The molecule has 21 heavy (non-hydrogen) atoms. The number of nitrogens with zero attached hydrogens (tertiary/aromatic N) is 1. The summed E-state index contributed by atoms with van der Waals surface area (Å²) >= 11 is 0. The Labute approximate surface area is 127 Å². The van der Waals surface area contributed by atoms with Gasteiger partial charge in [-0.25, -0.2) is 0 Å². The van der Waals surface area contributed by atoms with Crippen molar-refractivity contribution in [1.29, 1.82) is 0 Å². The Hall–Kier alpha value is -1.87. The summed E-state index contributed by atoms with van der Waals surface area (Å²) < 4.78 is 6.09. The summed E-state index contributed by atoms with van der Waals surface area (Å²) in [5.74, 6) is 1.35. The molecule has 2 aromatic rings. The quantitative estimate of drug-likeness (QED) is 0.903. The summed E-state index contributed by atoms with van der Waals surface area (Å²) in [7, 11) is 0. The van der Waals surface area contributed by atoms with Crippen LogP contribution in [0.1, 0.15) is 49.6 Å². The molecule has 0 saturated carbocycles. The minimum absolute atomic E-state index is 0.134. The molecule has 2 N–H and O–H groups in total. The van der Waals surface area contributed by atoms with E-state index in [1.165, 1.54) is 11.1 Å². The van der Waals surface area contributed by atoms with Crippen LogP contribution in [0.25, 0.3) is 0 Å². The van der Waals surface area contributed by atoms with Gasteiger partial charge in [-0.1, -0.05) is 26.0 Å². The van der Waals surface area contributed by atoms with Crippen LogP contribution in [-0.2, 0) is 0 Å². The van der Waals surface area contributed by atoms with E-state index in [0.29, 0.717) is 5.92 Å². The van der Waals surface area contributed by atoms with Crippen LogP contribution < -0.4 is 10.5 Å². The Balaban J connectivity index is 2.24. The van der Waals surface area contributed by atoms with Crippen LogP contribution in [0.2, 0.25) is 0 Å². The zero-order valence-electron chi connectivity index (χ0n) is 13.2. The van der Waals surface area contributed by atoms with Gasteiger partial charge >= 0.3 is 0 Å². The summed E-state index contributed by atoms with van der Waals surface area (Å²) in [4.78, 5) is 4.36. The molecule has 2 rings (SSSR count). The van der Waals surface area contributed by atoms with E-state index in [1.54, 1.807) is 6.20 Å². The molecule has 0 bridgehead atoms. The number of rotatable bonds is 5. The van der Waals surface area contributed by atoms with Crippen LogP contribution in [0.5, 0.6) is 5.75 Å². The molecule has 2 unspecified atom stereocenters. The molecule has 112 valence electrons. The first-order valence-corrected chi connectivity index (χ1v) is 7.42. The third-order valence-electron chi connectivity index (χ3n) is 3.58. The fourth-order valence-corrected chi connectivity index (χ4v) is 2.50. The first-order valence-electron chi connectivity index (χ1n) is 7.42.